The molecule has 18 heavy (non-hydrogen) atoms. The molecule has 2 rings (SSSR count). The molecule has 1 aliphatic carbocycles. The second-order valence-corrected chi connectivity index (χ2v) is 6.55. The number of hydrogen-bond acceptors (Lipinski definition) is 3. The van der Waals surface area contributed by atoms with Crippen LogP contribution < -0.4 is 5.32 Å². The minimum absolute atomic E-state index is 0.443. The third kappa shape index (κ3) is 3.12. The van der Waals surface area contributed by atoms with Crippen molar-refractivity contribution in [2.45, 2.75) is 39.7 Å². The van der Waals surface area contributed by atoms with Gasteiger partial charge in [-0.1, -0.05) is 19.8 Å². The lowest BCUT2D eigenvalue weighted by Crippen LogP contribution is -2.24. The van der Waals surface area contributed by atoms with Crippen LogP contribution in [0.25, 0.3) is 0 Å². The van der Waals surface area contributed by atoms with Crippen molar-refractivity contribution in [2.75, 3.05) is 6.54 Å². The van der Waals surface area contributed by atoms with Crippen LogP contribution in [0.4, 0.5) is 0 Å². The highest BCUT2D eigenvalue weighted by molar-refractivity contribution is 7.14. The number of nitrogens with one attached hydrogen (secondary N) is 1. The van der Waals surface area contributed by atoms with E-state index < -0.39 is 5.97 Å². The number of aromatic carboxylic acids is 1. The molecule has 0 aliphatic heterocycles. The number of carbonyl (C=O) groups is 1. The Morgan fingerprint density at radius 2 is 2.33 bits per heavy atom. The lowest BCUT2D eigenvalue weighted by molar-refractivity contribution is 0.0702. The summed E-state index contributed by atoms with van der Waals surface area (Å²) in [5, 5.41) is 12.4. The second-order valence-electron chi connectivity index (χ2n) is 5.30. The molecule has 0 spiro atoms. The van der Waals surface area contributed by atoms with Gasteiger partial charge in [0.1, 0.15) is 4.88 Å². The third-order valence-electron chi connectivity index (χ3n) is 3.99. The summed E-state index contributed by atoms with van der Waals surface area (Å²) < 4.78 is 0. The molecule has 2 unspecified atom stereocenters. The van der Waals surface area contributed by atoms with Crippen molar-refractivity contribution in [3.05, 3.63) is 21.4 Å². The molecule has 1 aromatic rings. The topological polar surface area (TPSA) is 49.3 Å². The first-order valence-corrected chi connectivity index (χ1v) is 7.43. The molecular formula is C14H21NO2S. The maximum absolute atomic E-state index is 10.9. The van der Waals surface area contributed by atoms with Crippen LogP contribution in [0.2, 0.25) is 0 Å². The van der Waals surface area contributed by atoms with Gasteiger partial charge in [-0.2, -0.15) is 0 Å². The Balaban J connectivity index is 1.84. The summed E-state index contributed by atoms with van der Waals surface area (Å²) >= 11 is 1.37. The van der Waals surface area contributed by atoms with Crippen LogP contribution in [0.5, 0.6) is 0 Å². The van der Waals surface area contributed by atoms with E-state index in [0.29, 0.717) is 4.88 Å². The fourth-order valence-electron chi connectivity index (χ4n) is 2.72. The first-order chi connectivity index (χ1) is 8.58. The van der Waals surface area contributed by atoms with E-state index in [4.69, 9.17) is 5.11 Å². The van der Waals surface area contributed by atoms with Gasteiger partial charge in [-0.25, -0.2) is 4.79 Å². The van der Waals surface area contributed by atoms with E-state index in [-0.39, 0.29) is 0 Å². The summed E-state index contributed by atoms with van der Waals surface area (Å²) in [5.41, 5.74) is 1.13. The second kappa shape index (κ2) is 5.85. The largest absolute Gasteiger partial charge is 0.477 e. The zero-order valence-corrected chi connectivity index (χ0v) is 11.8. The third-order valence-corrected chi connectivity index (χ3v) is 5.07. The fraction of sp³-hybridized carbons (Fsp3) is 0.643. The predicted molar refractivity (Wildman–Crippen MR) is 74.2 cm³/mol. The molecule has 1 saturated carbocycles. The van der Waals surface area contributed by atoms with E-state index in [9.17, 15) is 4.79 Å². The Hall–Kier alpha value is -0.870. The Labute approximate surface area is 112 Å². The summed E-state index contributed by atoms with van der Waals surface area (Å²) in [6, 6.07) is 1.80. The number of hydrogen-bond donors (Lipinski definition) is 2. The SMILES string of the molecule is Cc1sc(C(=O)O)cc1CNCC1CCCC1C. The van der Waals surface area contributed by atoms with Crippen LogP contribution >= 0.6 is 11.3 Å². The number of rotatable bonds is 5. The minimum Gasteiger partial charge on any atom is -0.477 e. The van der Waals surface area contributed by atoms with Crippen molar-refractivity contribution in [1.82, 2.24) is 5.32 Å². The fourth-order valence-corrected chi connectivity index (χ4v) is 3.60. The average molecular weight is 267 g/mol. The molecule has 0 radical (unpaired) electrons. The van der Waals surface area contributed by atoms with Crippen LogP contribution in [0.3, 0.4) is 0 Å². The van der Waals surface area contributed by atoms with Crippen molar-refractivity contribution in [2.24, 2.45) is 11.8 Å². The van der Waals surface area contributed by atoms with Crippen molar-refractivity contribution in [3.63, 3.8) is 0 Å². The Bertz CT molecular complexity index is 427. The quantitative estimate of drug-likeness (QED) is 0.860. The Morgan fingerprint density at radius 3 is 2.89 bits per heavy atom. The van der Waals surface area contributed by atoms with Gasteiger partial charge in [-0.05, 0) is 43.4 Å². The number of carboxylic acids is 1. The van der Waals surface area contributed by atoms with Crippen molar-refractivity contribution < 1.29 is 9.90 Å². The van der Waals surface area contributed by atoms with Crippen LogP contribution in [0.1, 0.15) is 46.3 Å². The first-order valence-electron chi connectivity index (χ1n) is 6.61. The maximum Gasteiger partial charge on any atom is 0.345 e. The highest BCUT2D eigenvalue weighted by atomic mass is 32.1. The van der Waals surface area contributed by atoms with E-state index in [1.54, 1.807) is 6.07 Å². The molecule has 4 heteroatoms. The molecular weight excluding hydrogens is 246 g/mol. The molecule has 0 saturated heterocycles. The van der Waals surface area contributed by atoms with E-state index in [2.05, 4.69) is 12.2 Å². The van der Waals surface area contributed by atoms with Gasteiger partial charge in [0.15, 0.2) is 0 Å². The normalized spacial score (nSPS) is 23.4. The lowest BCUT2D eigenvalue weighted by atomic mass is 9.98. The van der Waals surface area contributed by atoms with Gasteiger partial charge in [0.2, 0.25) is 0 Å². The van der Waals surface area contributed by atoms with Crippen molar-refractivity contribution in [1.29, 1.82) is 0 Å². The molecule has 1 aromatic heterocycles. The van der Waals surface area contributed by atoms with Gasteiger partial charge < -0.3 is 10.4 Å². The van der Waals surface area contributed by atoms with Gasteiger partial charge in [-0.3, -0.25) is 0 Å². The number of thiophene rings is 1. The van der Waals surface area contributed by atoms with Gasteiger partial charge in [-0.15, -0.1) is 11.3 Å². The summed E-state index contributed by atoms with van der Waals surface area (Å²) in [7, 11) is 0. The zero-order valence-electron chi connectivity index (χ0n) is 11.0. The molecule has 0 bridgehead atoms. The maximum atomic E-state index is 10.9. The summed E-state index contributed by atoms with van der Waals surface area (Å²) in [6.07, 6.45) is 4.04. The molecule has 1 heterocycles. The van der Waals surface area contributed by atoms with E-state index in [1.807, 2.05) is 6.92 Å². The molecule has 1 aliphatic rings. The van der Waals surface area contributed by atoms with Crippen LogP contribution in [-0.2, 0) is 6.54 Å². The Morgan fingerprint density at radius 1 is 1.56 bits per heavy atom. The average Bonchev–Trinajstić information content (AvgIpc) is 2.87. The number of carboxylic acid groups (broad SMARTS) is 1. The highest BCUT2D eigenvalue weighted by Crippen LogP contribution is 2.30. The molecule has 2 N–H and O–H groups in total. The van der Waals surface area contributed by atoms with Crippen molar-refractivity contribution >= 4 is 17.3 Å². The molecule has 1 fully saturated rings. The summed E-state index contributed by atoms with van der Waals surface area (Å²) in [5.74, 6) is 0.803. The lowest BCUT2D eigenvalue weighted by Gasteiger charge is -2.15. The highest BCUT2D eigenvalue weighted by Gasteiger charge is 2.22. The molecule has 0 aromatic carbocycles. The minimum atomic E-state index is -0.821. The van der Waals surface area contributed by atoms with Crippen LogP contribution in [0.15, 0.2) is 6.07 Å². The van der Waals surface area contributed by atoms with Gasteiger partial charge in [0.25, 0.3) is 0 Å². The van der Waals surface area contributed by atoms with Crippen molar-refractivity contribution in [3.8, 4) is 0 Å². The molecule has 3 nitrogen and oxygen atoms in total. The smallest absolute Gasteiger partial charge is 0.345 e. The molecule has 2 atom stereocenters. The summed E-state index contributed by atoms with van der Waals surface area (Å²) in [4.78, 5) is 12.4. The summed E-state index contributed by atoms with van der Waals surface area (Å²) in [6.45, 7) is 6.17. The van der Waals surface area contributed by atoms with E-state index >= 15 is 0 Å². The first kappa shape index (κ1) is 13.6. The van der Waals surface area contributed by atoms with Gasteiger partial charge in [0.05, 0.1) is 0 Å². The van der Waals surface area contributed by atoms with Crippen LogP contribution in [-0.4, -0.2) is 17.6 Å². The standard InChI is InChI=1S/C14H21NO2S/c1-9-4-3-5-11(9)7-15-8-12-6-13(14(16)17)18-10(12)2/h6,9,11,15H,3-5,7-8H2,1-2H3,(H,16,17). The van der Waals surface area contributed by atoms with Gasteiger partial charge in [0, 0.05) is 11.4 Å². The van der Waals surface area contributed by atoms with Gasteiger partial charge >= 0.3 is 5.97 Å². The number of aryl methyl sites for hydroxylation is 1. The predicted octanol–water partition coefficient (Wildman–Crippen LogP) is 3.28. The zero-order chi connectivity index (χ0) is 13.1. The molecule has 100 valence electrons. The Kier molecular flexibility index (Phi) is 4.40. The van der Waals surface area contributed by atoms with E-state index in [0.717, 1.165) is 35.4 Å². The monoisotopic (exact) mass is 267 g/mol. The molecule has 0 amide bonds. The van der Waals surface area contributed by atoms with E-state index in [1.165, 1.54) is 30.6 Å². The van der Waals surface area contributed by atoms with Crippen LogP contribution in [0, 0.1) is 18.8 Å².